The topological polar surface area (TPSA) is 75.9 Å². The summed E-state index contributed by atoms with van der Waals surface area (Å²) in [6, 6.07) is 3.46. The number of carbonyl (C=O) groups is 1. The smallest absolute Gasteiger partial charge is 0.368 e. The van der Waals surface area contributed by atoms with Crippen molar-refractivity contribution in [2.75, 3.05) is 18.4 Å². The number of hydrogen-bond acceptors (Lipinski definition) is 5. The van der Waals surface area contributed by atoms with Gasteiger partial charge in [-0.2, -0.15) is 23.4 Å². The van der Waals surface area contributed by atoms with Gasteiger partial charge in [0.15, 0.2) is 5.82 Å². The second-order valence-electron chi connectivity index (χ2n) is 8.07. The summed E-state index contributed by atoms with van der Waals surface area (Å²) in [5.74, 6) is -2.29. The van der Waals surface area contributed by atoms with Crippen LogP contribution in [0.5, 0.6) is 0 Å². The standard InChI is InChI=1S/C22H21F5N6O/c1-13-3-2-10-32(17(13)12-29-18-7-4-14(11-28-18)22(25,26)27)21(34)19-15(23)5-6-16(24)20(19)33-30-8-9-31-33/h4-9,11,13,17H,2-3,10,12H2,1H3,(H,28,29)/t13-,17?/m1/s1. The average molecular weight is 480 g/mol. The fourth-order valence-corrected chi connectivity index (χ4v) is 4.10. The number of hydrogen-bond donors (Lipinski definition) is 1. The number of pyridine rings is 1. The Hall–Kier alpha value is -3.57. The van der Waals surface area contributed by atoms with Gasteiger partial charge in [0.2, 0.25) is 0 Å². The summed E-state index contributed by atoms with van der Waals surface area (Å²) in [6.45, 7) is 2.39. The number of amides is 1. The van der Waals surface area contributed by atoms with Gasteiger partial charge < -0.3 is 10.2 Å². The van der Waals surface area contributed by atoms with Crippen LogP contribution < -0.4 is 5.32 Å². The Morgan fingerprint density at radius 3 is 2.47 bits per heavy atom. The molecule has 0 radical (unpaired) electrons. The van der Waals surface area contributed by atoms with Gasteiger partial charge in [0.05, 0.1) is 24.0 Å². The van der Waals surface area contributed by atoms with Crippen LogP contribution >= 0.6 is 0 Å². The van der Waals surface area contributed by atoms with Crippen LogP contribution in [-0.4, -0.2) is 49.9 Å². The van der Waals surface area contributed by atoms with E-state index in [9.17, 15) is 26.7 Å². The van der Waals surface area contributed by atoms with E-state index in [0.717, 1.165) is 35.6 Å². The quantitative estimate of drug-likeness (QED) is 0.551. The first kappa shape index (κ1) is 23.6. The number of likely N-dealkylation sites (tertiary alicyclic amines) is 1. The van der Waals surface area contributed by atoms with Crippen molar-refractivity contribution in [2.45, 2.75) is 32.0 Å². The predicted octanol–water partition coefficient (Wildman–Crippen LogP) is 4.31. The third-order valence-corrected chi connectivity index (χ3v) is 5.87. The zero-order valence-electron chi connectivity index (χ0n) is 18.1. The number of nitrogens with zero attached hydrogens (tertiary/aromatic N) is 5. The second-order valence-corrected chi connectivity index (χ2v) is 8.07. The van der Waals surface area contributed by atoms with Crippen LogP contribution in [0.4, 0.5) is 27.8 Å². The SMILES string of the molecule is C[C@@H]1CCCN(C(=O)c2c(F)ccc(F)c2-n2nccn2)C1CNc1ccc(C(F)(F)F)cn1. The van der Waals surface area contributed by atoms with E-state index >= 15 is 0 Å². The lowest BCUT2D eigenvalue weighted by atomic mass is 9.90. The highest BCUT2D eigenvalue weighted by molar-refractivity contribution is 5.98. The number of benzene rings is 1. The van der Waals surface area contributed by atoms with Gasteiger partial charge in [-0.25, -0.2) is 13.8 Å². The molecule has 1 saturated heterocycles. The largest absolute Gasteiger partial charge is 0.417 e. The lowest BCUT2D eigenvalue weighted by molar-refractivity contribution is -0.137. The monoisotopic (exact) mass is 480 g/mol. The number of anilines is 1. The molecule has 0 spiro atoms. The van der Waals surface area contributed by atoms with Gasteiger partial charge in [-0.1, -0.05) is 6.92 Å². The lowest BCUT2D eigenvalue weighted by Gasteiger charge is -2.40. The molecule has 1 aliphatic rings. The molecule has 3 heterocycles. The van der Waals surface area contributed by atoms with Crippen LogP contribution in [0.3, 0.4) is 0 Å². The molecule has 3 aromatic rings. The summed E-state index contributed by atoms with van der Waals surface area (Å²) >= 11 is 0. The maximum absolute atomic E-state index is 14.8. The molecule has 1 amide bonds. The third-order valence-electron chi connectivity index (χ3n) is 5.87. The molecule has 12 heteroatoms. The molecule has 34 heavy (non-hydrogen) atoms. The van der Waals surface area contributed by atoms with Crippen molar-refractivity contribution >= 4 is 11.7 Å². The van der Waals surface area contributed by atoms with Crippen molar-refractivity contribution in [1.82, 2.24) is 24.9 Å². The molecule has 1 N–H and O–H groups in total. The van der Waals surface area contributed by atoms with Gasteiger partial charge in [-0.15, -0.1) is 4.80 Å². The van der Waals surface area contributed by atoms with E-state index in [0.29, 0.717) is 13.0 Å². The summed E-state index contributed by atoms with van der Waals surface area (Å²) in [4.78, 5) is 19.6. The lowest BCUT2D eigenvalue weighted by Crippen LogP contribution is -2.51. The normalized spacial score (nSPS) is 18.7. The van der Waals surface area contributed by atoms with E-state index < -0.39 is 40.9 Å². The molecule has 1 unspecified atom stereocenters. The molecule has 2 aromatic heterocycles. The molecule has 2 atom stereocenters. The van der Waals surface area contributed by atoms with E-state index in [1.807, 2.05) is 6.92 Å². The number of nitrogens with one attached hydrogen (secondary N) is 1. The fraction of sp³-hybridized carbons (Fsp3) is 0.364. The molecule has 7 nitrogen and oxygen atoms in total. The number of piperidine rings is 1. The number of aromatic nitrogens is 4. The Kier molecular flexibility index (Phi) is 6.49. The van der Waals surface area contributed by atoms with Gasteiger partial charge in [0.25, 0.3) is 5.91 Å². The van der Waals surface area contributed by atoms with Crippen LogP contribution in [-0.2, 0) is 6.18 Å². The Morgan fingerprint density at radius 2 is 1.82 bits per heavy atom. The molecule has 1 aliphatic heterocycles. The number of alkyl halides is 3. The van der Waals surface area contributed by atoms with Crippen molar-refractivity contribution in [1.29, 1.82) is 0 Å². The van der Waals surface area contributed by atoms with E-state index in [-0.39, 0.29) is 24.0 Å². The first-order chi connectivity index (χ1) is 16.2. The molecular weight excluding hydrogens is 459 g/mol. The summed E-state index contributed by atoms with van der Waals surface area (Å²) in [5.41, 5.74) is -1.74. The fourth-order valence-electron chi connectivity index (χ4n) is 4.10. The average Bonchev–Trinajstić information content (AvgIpc) is 3.33. The van der Waals surface area contributed by atoms with Gasteiger partial charge in [0, 0.05) is 19.3 Å². The maximum Gasteiger partial charge on any atom is 0.417 e. The molecular formula is C22H21F5N6O. The maximum atomic E-state index is 14.8. The molecule has 1 fully saturated rings. The van der Waals surface area contributed by atoms with E-state index in [2.05, 4.69) is 20.5 Å². The number of rotatable bonds is 5. The zero-order valence-corrected chi connectivity index (χ0v) is 18.1. The summed E-state index contributed by atoms with van der Waals surface area (Å²) in [7, 11) is 0. The van der Waals surface area contributed by atoms with Gasteiger partial charge in [0.1, 0.15) is 22.9 Å². The van der Waals surface area contributed by atoms with Crippen molar-refractivity contribution in [3.63, 3.8) is 0 Å². The minimum absolute atomic E-state index is 0.0115. The van der Waals surface area contributed by atoms with Crippen molar-refractivity contribution in [3.8, 4) is 5.69 Å². The minimum atomic E-state index is -4.50. The van der Waals surface area contributed by atoms with Crippen LogP contribution in [0.25, 0.3) is 5.69 Å². The Morgan fingerprint density at radius 1 is 1.12 bits per heavy atom. The first-order valence-corrected chi connectivity index (χ1v) is 10.6. The Bertz CT molecular complexity index is 1150. The van der Waals surface area contributed by atoms with Crippen LogP contribution in [0.2, 0.25) is 0 Å². The highest BCUT2D eigenvalue weighted by Gasteiger charge is 2.36. The van der Waals surface area contributed by atoms with Gasteiger partial charge in [-0.05, 0) is 43.0 Å². The van der Waals surface area contributed by atoms with Crippen molar-refractivity contribution in [2.24, 2.45) is 5.92 Å². The highest BCUT2D eigenvalue weighted by Crippen LogP contribution is 2.30. The molecule has 1 aromatic carbocycles. The molecule has 0 aliphatic carbocycles. The second kappa shape index (κ2) is 9.35. The van der Waals surface area contributed by atoms with E-state index in [1.54, 1.807) is 0 Å². The zero-order chi connectivity index (χ0) is 24.5. The Balaban J connectivity index is 1.60. The van der Waals surface area contributed by atoms with Crippen LogP contribution in [0.1, 0.15) is 35.7 Å². The minimum Gasteiger partial charge on any atom is -0.368 e. The summed E-state index contributed by atoms with van der Waals surface area (Å²) in [6.07, 6.45) is 0.241. The summed E-state index contributed by atoms with van der Waals surface area (Å²) < 4.78 is 67.8. The molecule has 180 valence electrons. The van der Waals surface area contributed by atoms with Crippen LogP contribution in [0.15, 0.2) is 42.9 Å². The van der Waals surface area contributed by atoms with E-state index in [4.69, 9.17) is 0 Å². The molecule has 0 bridgehead atoms. The van der Waals surface area contributed by atoms with Crippen LogP contribution in [0, 0.1) is 17.6 Å². The first-order valence-electron chi connectivity index (χ1n) is 10.6. The Labute approximate surface area is 191 Å². The van der Waals surface area contributed by atoms with Crippen molar-refractivity contribution < 1.29 is 26.7 Å². The third kappa shape index (κ3) is 4.70. The predicted molar refractivity (Wildman–Crippen MR) is 112 cm³/mol. The summed E-state index contributed by atoms with van der Waals surface area (Å²) in [5, 5.41) is 10.6. The van der Waals surface area contributed by atoms with E-state index in [1.165, 1.54) is 23.4 Å². The number of carbonyl (C=O) groups excluding carboxylic acids is 1. The van der Waals surface area contributed by atoms with Gasteiger partial charge >= 0.3 is 6.18 Å². The van der Waals surface area contributed by atoms with Gasteiger partial charge in [-0.3, -0.25) is 4.79 Å². The highest BCUT2D eigenvalue weighted by atomic mass is 19.4. The number of halogens is 5. The molecule has 4 rings (SSSR count). The van der Waals surface area contributed by atoms with Crippen molar-refractivity contribution in [3.05, 3.63) is 65.6 Å². The molecule has 0 saturated carbocycles.